The predicted octanol–water partition coefficient (Wildman–Crippen LogP) is 5.18. The van der Waals surface area contributed by atoms with Gasteiger partial charge in [-0.25, -0.2) is 0 Å². The minimum absolute atomic E-state index is 0.0204. The summed E-state index contributed by atoms with van der Waals surface area (Å²) in [7, 11) is 0. The number of carbonyl (C=O) groups is 1. The average molecular weight is 409 g/mol. The van der Waals surface area contributed by atoms with Gasteiger partial charge < -0.3 is 15.3 Å². The largest absolute Gasteiger partial charge is 0.481 e. The van der Waals surface area contributed by atoms with Crippen LogP contribution in [0.5, 0.6) is 0 Å². The lowest BCUT2D eigenvalue weighted by molar-refractivity contribution is -0.137. The number of carboxylic acids is 1. The number of carboxylic acid groups (broad SMARTS) is 1. The van der Waals surface area contributed by atoms with Crippen LogP contribution in [-0.2, 0) is 4.79 Å². The summed E-state index contributed by atoms with van der Waals surface area (Å²) in [6.07, 6.45) is 8.90. The smallest absolute Gasteiger partial charge is 0.303 e. The molecule has 1 aliphatic rings. The maximum Gasteiger partial charge on any atom is 0.303 e. The Morgan fingerprint density at radius 1 is 1.25 bits per heavy atom. The Bertz CT molecular complexity index is 628. The molecule has 156 valence electrons. The van der Waals surface area contributed by atoms with Crippen molar-refractivity contribution >= 4 is 17.6 Å². The van der Waals surface area contributed by atoms with Crippen LogP contribution in [-0.4, -0.2) is 32.8 Å². The van der Waals surface area contributed by atoms with Crippen molar-refractivity contribution in [2.75, 3.05) is 0 Å². The number of unbranched alkanes of at least 4 members (excludes halogenated alkanes) is 2. The molecule has 0 amide bonds. The second kappa shape index (κ2) is 11.6. The number of aliphatic hydroxyl groups excluding tert-OH is 2. The van der Waals surface area contributed by atoms with E-state index in [-0.39, 0.29) is 23.6 Å². The molecule has 0 aromatic heterocycles. The summed E-state index contributed by atoms with van der Waals surface area (Å²) >= 11 is 6.53. The fraction of sp³-hybridized carbons (Fsp3) is 0.609. The lowest BCUT2D eigenvalue weighted by Crippen LogP contribution is -2.18. The van der Waals surface area contributed by atoms with Crippen molar-refractivity contribution in [3.8, 4) is 0 Å². The van der Waals surface area contributed by atoms with Crippen molar-refractivity contribution in [2.45, 2.75) is 81.8 Å². The van der Waals surface area contributed by atoms with E-state index in [0.717, 1.165) is 43.2 Å². The molecule has 0 saturated heterocycles. The molecule has 1 unspecified atom stereocenters. The Balaban J connectivity index is 1.99. The van der Waals surface area contributed by atoms with Crippen LogP contribution in [0.2, 0.25) is 0 Å². The Kier molecular flexibility index (Phi) is 9.49. The summed E-state index contributed by atoms with van der Waals surface area (Å²) < 4.78 is 0. The topological polar surface area (TPSA) is 77.8 Å². The Hall–Kier alpha value is -1.36. The first kappa shape index (κ1) is 22.9. The number of aliphatic carboxylic acids is 1. The molecule has 0 bridgehead atoms. The van der Waals surface area contributed by atoms with E-state index in [2.05, 4.69) is 13.0 Å². The third-order valence-corrected chi connectivity index (χ3v) is 6.18. The molecule has 4 nitrogen and oxygen atoms in total. The number of allylic oxidation sites excluding steroid dienone is 2. The van der Waals surface area contributed by atoms with Crippen molar-refractivity contribution < 1.29 is 20.1 Å². The van der Waals surface area contributed by atoms with E-state index in [1.165, 1.54) is 0 Å². The average Bonchev–Trinajstić information content (AvgIpc) is 2.95. The van der Waals surface area contributed by atoms with Gasteiger partial charge in [-0.1, -0.05) is 56.2 Å². The summed E-state index contributed by atoms with van der Waals surface area (Å²) in [6, 6.07) is 7.94. The van der Waals surface area contributed by atoms with Gasteiger partial charge in [-0.15, -0.1) is 11.6 Å². The van der Waals surface area contributed by atoms with E-state index >= 15 is 0 Å². The molecule has 0 aliphatic heterocycles. The summed E-state index contributed by atoms with van der Waals surface area (Å²) in [5, 5.41) is 29.4. The van der Waals surface area contributed by atoms with Gasteiger partial charge >= 0.3 is 5.97 Å². The molecule has 0 spiro atoms. The molecular weight excluding hydrogens is 376 g/mol. The number of hydrogen-bond donors (Lipinski definition) is 3. The Morgan fingerprint density at radius 2 is 1.96 bits per heavy atom. The minimum Gasteiger partial charge on any atom is -0.481 e. The quantitative estimate of drug-likeness (QED) is 0.267. The van der Waals surface area contributed by atoms with Gasteiger partial charge in [0.15, 0.2) is 0 Å². The SMILES string of the molecule is CCCCC(O)c1ccc([C@@H]2[C@@H](C/C=C\CCCC(=O)O)[C@@H](Cl)C[C@H]2O)cc1. The number of aliphatic hydroxyl groups is 2. The van der Waals surface area contributed by atoms with Gasteiger partial charge in [0.1, 0.15) is 0 Å². The zero-order valence-electron chi connectivity index (χ0n) is 16.6. The van der Waals surface area contributed by atoms with Crippen LogP contribution >= 0.6 is 11.6 Å². The van der Waals surface area contributed by atoms with Crippen LogP contribution < -0.4 is 0 Å². The van der Waals surface area contributed by atoms with Crippen LogP contribution in [0.15, 0.2) is 36.4 Å². The van der Waals surface area contributed by atoms with Crippen molar-refractivity contribution in [3.05, 3.63) is 47.5 Å². The van der Waals surface area contributed by atoms with E-state index in [4.69, 9.17) is 16.7 Å². The van der Waals surface area contributed by atoms with E-state index in [1.807, 2.05) is 30.3 Å². The molecule has 0 heterocycles. The third kappa shape index (κ3) is 6.61. The Labute approximate surface area is 173 Å². The van der Waals surface area contributed by atoms with Gasteiger partial charge in [0.2, 0.25) is 0 Å². The van der Waals surface area contributed by atoms with Crippen LogP contribution in [0.1, 0.15) is 81.4 Å². The number of rotatable bonds is 11. The zero-order valence-corrected chi connectivity index (χ0v) is 17.4. The van der Waals surface area contributed by atoms with Gasteiger partial charge in [0, 0.05) is 17.7 Å². The molecular formula is C23H33ClO4. The normalized spacial score (nSPS) is 26.0. The molecule has 1 aromatic rings. The van der Waals surface area contributed by atoms with E-state index in [0.29, 0.717) is 12.8 Å². The fourth-order valence-corrected chi connectivity index (χ4v) is 4.52. The molecule has 0 radical (unpaired) electrons. The first-order valence-corrected chi connectivity index (χ1v) is 10.8. The van der Waals surface area contributed by atoms with Crippen molar-refractivity contribution in [3.63, 3.8) is 0 Å². The molecule has 1 saturated carbocycles. The summed E-state index contributed by atoms with van der Waals surface area (Å²) in [6.45, 7) is 2.11. The highest BCUT2D eigenvalue weighted by atomic mass is 35.5. The molecule has 2 rings (SSSR count). The van der Waals surface area contributed by atoms with Gasteiger partial charge in [0.05, 0.1) is 12.2 Å². The molecule has 5 atom stereocenters. The van der Waals surface area contributed by atoms with Crippen LogP contribution in [0, 0.1) is 5.92 Å². The molecule has 3 N–H and O–H groups in total. The first-order valence-electron chi connectivity index (χ1n) is 10.4. The lowest BCUT2D eigenvalue weighted by Gasteiger charge is -2.23. The van der Waals surface area contributed by atoms with Crippen molar-refractivity contribution in [2.24, 2.45) is 5.92 Å². The second-order valence-corrected chi connectivity index (χ2v) is 8.39. The van der Waals surface area contributed by atoms with Crippen LogP contribution in [0.4, 0.5) is 0 Å². The highest BCUT2D eigenvalue weighted by Gasteiger charge is 2.41. The van der Waals surface area contributed by atoms with Gasteiger partial charge in [0.25, 0.3) is 0 Å². The number of halogens is 1. The van der Waals surface area contributed by atoms with Gasteiger partial charge in [-0.05, 0) is 49.1 Å². The molecule has 1 fully saturated rings. The van der Waals surface area contributed by atoms with E-state index < -0.39 is 18.2 Å². The summed E-state index contributed by atoms with van der Waals surface area (Å²) in [5.74, 6) is -0.646. The summed E-state index contributed by atoms with van der Waals surface area (Å²) in [5.41, 5.74) is 1.98. The second-order valence-electron chi connectivity index (χ2n) is 7.83. The van der Waals surface area contributed by atoms with Gasteiger partial charge in [-0.3, -0.25) is 4.79 Å². The highest BCUT2D eigenvalue weighted by molar-refractivity contribution is 6.21. The first-order chi connectivity index (χ1) is 13.4. The van der Waals surface area contributed by atoms with Crippen molar-refractivity contribution in [1.82, 2.24) is 0 Å². The summed E-state index contributed by atoms with van der Waals surface area (Å²) in [4.78, 5) is 10.6. The maximum absolute atomic E-state index is 10.6. The molecule has 28 heavy (non-hydrogen) atoms. The zero-order chi connectivity index (χ0) is 20.5. The number of alkyl halides is 1. The fourth-order valence-electron chi connectivity index (χ4n) is 4.07. The Morgan fingerprint density at radius 3 is 2.61 bits per heavy atom. The number of benzene rings is 1. The standard InChI is InChI=1S/C23H33ClO4/c1-2-3-9-20(25)16-11-13-17(14-12-16)23-18(19(24)15-21(23)26)8-6-4-5-7-10-22(27)28/h4,6,11-14,18-21,23,25-26H,2-3,5,7-10,15H2,1H3,(H,27,28)/b6-4-/t18-,19-,20?,21+,23+/m0/s1. The van der Waals surface area contributed by atoms with Crippen LogP contribution in [0.25, 0.3) is 0 Å². The number of hydrogen-bond acceptors (Lipinski definition) is 3. The van der Waals surface area contributed by atoms with E-state index in [1.54, 1.807) is 0 Å². The molecule has 1 aliphatic carbocycles. The van der Waals surface area contributed by atoms with Crippen molar-refractivity contribution in [1.29, 1.82) is 0 Å². The van der Waals surface area contributed by atoms with Gasteiger partial charge in [-0.2, -0.15) is 0 Å². The highest BCUT2D eigenvalue weighted by Crippen LogP contribution is 2.45. The predicted molar refractivity (Wildman–Crippen MR) is 113 cm³/mol. The minimum atomic E-state index is -0.767. The monoisotopic (exact) mass is 408 g/mol. The molecule has 1 aromatic carbocycles. The lowest BCUT2D eigenvalue weighted by atomic mass is 9.84. The molecule has 5 heteroatoms. The maximum atomic E-state index is 10.6. The van der Waals surface area contributed by atoms with E-state index in [9.17, 15) is 15.0 Å². The third-order valence-electron chi connectivity index (χ3n) is 5.68. The van der Waals surface area contributed by atoms with Crippen LogP contribution in [0.3, 0.4) is 0 Å².